The van der Waals surface area contributed by atoms with Crippen LogP contribution in [0.5, 0.6) is 5.88 Å². The number of nitrogens with one attached hydrogen (secondary N) is 1. The summed E-state index contributed by atoms with van der Waals surface area (Å²) in [7, 11) is 3.70. The van der Waals surface area contributed by atoms with E-state index in [1.54, 1.807) is 18.7 Å². The number of methoxy groups -OCH3 is 1. The molecular weight excluding hydrogens is 552 g/mol. The number of rotatable bonds is 12. The molecule has 0 radical (unpaired) electrons. The molecule has 238 valence electrons. The predicted octanol–water partition coefficient (Wildman–Crippen LogP) is 6.09. The zero-order chi connectivity index (χ0) is 31.3. The minimum absolute atomic E-state index is 0.00271. The summed E-state index contributed by atoms with van der Waals surface area (Å²) in [5.74, 6) is 1.91. The molecule has 1 saturated heterocycles. The van der Waals surface area contributed by atoms with Crippen LogP contribution in [0.3, 0.4) is 0 Å². The maximum Gasteiger partial charge on any atom is 0.211 e. The van der Waals surface area contributed by atoms with E-state index in [1.807, 2.05) is 13.1 Å². The fraction of sp³-hybridized carbons (Fsp3) is 0.583. The molecule has 1 N–H and O–H groups in total. The second kappa shape index (κ2) is 13.8. The first-order chi connectivity index (χ1) is 21.1. The molecule has 1 fully saturated rings. The van der Waals surface area contributed by atoms with Gasteiger partial charge < -0.3 is 24.3 Å². The average molecular weight is 603 g/mol. The predicted molar refractivity (Wildman–Crippen MR) is 174 cm³/mol. The van der Waals surface area contributed by atoms with Crippen LogP contribution in [0.2, 0.25) is 0 Å². The third-order valence-electron chi connectivity index (χ3n) is 9.21. The van der Waals surface area contributed by atoms with E-state index >= 15 is 0 Å². The quantitative estimate of drug-likeness (QED) is 0.268. The molecule has 0 bridgehead atoms. The summed E-state index contributed by atoms with van der Waals surface area (Å²) < 4.78 is 19.5. The van der Waals surface area contributed by atoms with Crippen molar-refractivity contribution in [3.63, 3.8) is 0 Å². The number of hydrogen-bond donors (Lipinski definition) is 1. The van der Waals surface area contributed by atoms with Gasteiger partial charge in [-0.1, -0.05) is 45.0 Å². The minimum atomic E-state index is -0.0984. The number of carbonyl (C=O) groups excluding carboxylic acids is 1. The Labute approximate surface area is 262 Å². The molecule has 0 spiro atoms. The molecule has 1 aromatic carbocycles. The Morgan fingerprint density at radius 3 is 2.66 bits per heavy atom. The molecule has 0 amide bonds. The molecule has 2 aliphatic heterocycles. The Hall–Kier alpha value is -3.23. The fourth-order valence-corrected chi connectivity index (χ4v) is 6.60. The largest absolute Gasteiger partial charge is 0.477 e. The van der Waals surface area contributed by atoms with Gasteiger partial charge >= 0.3 is 0 Å². The van der Waals surface area contributed by atoms with E-state index in [-0.39, 0.29) is 22.5 Å². The third kappa shape index (κ3) is 7.70. The maximum atomic E-state index is 12.6. The lowest BCUT2D eigenvalue weighted by Crippen LogP contribution is -2.38. The van der Waals surface area contributed by atoms with E-state index in [0.717, 1.165) is 74.9 Å². The maximum absolute atomic E-state index is 12.6. The second-order valence-electron chi connectivity index (χ2n) is 13.8. The Morgan fingerprint density at radius 2 is 1.93 bits per heavy atom. The van der Waals surface area contributed by atoms with Gasteiger partial charge in [-0.2, -0.15) is 5.10 Å². The Morgan fingerprint density at radius 1 is 1.14 bits per heavy atom. The highest BCUT2D eigenvalue weighted by Crippen LogP contribution is 2.40. The van der Waals surface area contributed by atoms with Crippen molar-refractivity contribution in [3.8, 4) is 5.88 Å². The number of carbonyl (C=O) groups is 1. The number of fused-ring (bicyclic) bond motifs is 1. The van der Waals surface area contributed by atoms with Gasteiger partial charge in [-0.3, -0.25) is 0 Å². The van der Waals surface area contributed by atoms with Gasteiger partial charge in [0.2, 0.25) is 5.88 Å². The number of aromatic nitrogens is 3. The smallest absolute Gasteiger partial charge is 0.211 e. The molecule has 1 unspecified atom stereocenters. The van der Waals surface area contributed by atoms with Crippen LogP contribution < -0.4 is 10.1 Å². The van der Waals surface area contributed by atoms with Crippen LogP contribution in [0, 0.1) is 0 Å². The van der Waals surface area contributed by atoms with Crippen molar-refractivity contribution >= 4 is 11.6 Å². The zero-order valence-electron chi connectivity index (χ0n) is 27.5. The van der Waals surface area contributed by atoms with Crippen LogP contribution in [0.15, 0.2) is 36.4 Å². The Kier molecular flexibility index (Phi) is 10.1. The summed E-state index contributed by atoms with van der Waals surface area (Å²) >= 11 is 0. The summed E-state index contributed by atoms with van der Waals surface area (Å²) in [4.78, 5) is 17.4. The number of hydrogen-bond acceptors (Lipinski definition) is 7. The van der Waals surface area contributed by atoms with Gasteiger partial charge in [-0.25, -0.2) is 9.67 Å². The van der Waals surface area contributed by atoms with Crippen molar-refractivity contribution in [2.75, 3.05) is 45.4 Å². The van der Waals surface area contributed by atoms with E-state index in [9.17, 15) is 4.79 Å². The van der Waals surface area contributed by atoms with Gasteiger partial charge in [0, 0.05) is 63.9 Å². The average Bonchev–Trinajstić information content (AvgIpc) is 3.34. The van der Waals surface area contributed by atoms with E-state index in [2.05, 4.69) is 56.4 Å². The number of pyridine rings is 1. The summed E-state index contributed by atoms with van der Waals surface area (Å²) in [5.41, 5.74) is 6.84. The van der Waals surface area contributed by atoms with Crippen LogP contribution in [0.25, 0.3) is 0 Å². The lowest BCUT2D eigenvalue weighted by molar-refractivity contribution is -0.117. The van der Waals surface area contributed by atoms with Gasteiger partial charge in [0.1, 0.15) is 11.6 Å². The molecule has 8 nitrogen and oxygen atoms in total. The van der Waals surface area contributed by atoms with Gasteiger partial charge in [0.15, 0.2) is 0 Å². The van der Waals surface area contributed by atoms with E-state index < -0.39 is 0 Å². The first-order valence-electron chi connectivity index (χ1n) is 16.2. The number of anilines is 1. The van der Waals surface area contributed by atoms with E-state index in [1.165, 1.54) is 22.3 Å². The normalized spacial score (nSPS) is 17.0. The first kappa shape index (κ1) is 32.2. The van der Waals surface area contributed by atoms with Crippen LogP contribution in [0.4, 0.5) is 5.82 Å². The molecule has 0 saturated carbocycles. The molecule has 3 aromatic rings. The van der Waals surface area contributed by atoms with Gasteiger partial charge in [-0.05, 0) is 78.7 Å². The standard InChI is InChI=1S/C36H50N4O4/c1-25(41)18-27(28-19-29(35(2,3)4)22-30(20-28)36(24-42-6)12-16-43-17-13-36)21-32-23-33(40(5)39-32)44-15-11-31-10-9-26-8-7-14-37-34(26)38-31/h9-10,19-20,22-23,27H,7-8,11-18,21,24H2,1-6H3,(H,37,38). The molecule has 44 heavy (non-hydrogen) atoms. The molecular formula is C36H50N4O4. The second-order valence-corrected chi connectivity index (χ2v) is 13.8. The number of ketones is 1. The lowest BCUT2D eigenvalue weighted by Gasteiger charge is -2.38. The number of Topliss-reactive ketones (excluding diaryl/α,β-unsaturated/α-hetero) is 1. The van der Waals surface area contributed by atoms with E-state index in [4.69, 9.17) is 24.3 Å². The van der Waals surface area contributed by atoms with Gasteiger partial charge in [0.05, 0.1) is 18.9 Å². The Bertz CT molecular complexity index is 1430. The van der Waals surface area contributed by atoms with Crippen molar-refractivity contribution in [1.29, 1.82) is 0 Å². The number of aryl methyl sites for hydroxylation is 2. The van der Waals surface area contributed by atoms with Crippen LogP contribution in [0.1, 0.15) is 92.9 Å². The van der Waals surface area contributed by atoms with Crippen LogP contribution in [-0.2, 0) is 51.4 Å². The van der Waals surface area contributed by atoms with Gasteiger partial charge in [-0.15, -0.1) is 0 Å². The monoisotopic (exact) mass is 602 g/mol. The molecule has 2 aliphatic rings. The first-order valence-corrected chi connectivity index (χ1v) is 16.2. The summed E-state index contributed by atoms with van der Waals surface area (Å²) in [6, 6.07) is 13.3. The van der Waals surface area contributed by atoms with E-state index in [0.29, 0.717) is 26.1 Å². The Balaban J connectivity index is 1.36. The van der Waals surface area contributed by atoms with Crippen molar-refractivity contribution in [1.82, 2.24) is 14.8 Å². The molecule has 2 aromatic heterocycles. The number of nitrogens with zero attached hydrogens (tertiary/aromatic N) is 3. The van der Waals surface area contributed by atoms with Crippen molar-refractivity contribution in [2.24, 2.45) is 7.05 Å². The molecule has 5 rings (SSSR count). The molecule has 1 atom stereocenters. The zero-order valence-corrected chi connectivity index (χ0v) is 27.5. The molecule has 4 heterocycles. The summed E-state index contributed by atoms with van der Waals surface area (Å²) in [6.07, 6.45) is 5.91. The lowest BCUT2D eigenvalue weighted by atomic mass is 9.71. The fourth-order valence-electron chi connectivity index (χ4n) is 6.60. The van der Waals surface area contributed by atoms with Crippen molar-refractivity contribution in [2.45, 2.75) is 89.4 Å². The highest BCUT2D eigenvalue weighted by atomic mass is 16.5. The van der Waals surface area contributed by atoms with Crippen LogP contribution in [-0.4, -0.2) is 60.6 Å². The molecule has 8 heteroatoms. The van der Waals surface area contributed by atoms with Crippen molar-refractivity contribution in [3.05, 3.63) is 70.0 Å². The van der Waals surface area contributed by atoms with Crippen LogP contribution >= 0.6 is 0 Å². The molecule has 0 aliphatic carbocycles. The van der Waals surface area contributed by atoms with Crippen molar-refractivity contribution < 1.29 is 19.0 Å². The SMILES string of the molecule is COCC1(c2cc(C(CC(C)=O)Cc3cc(OCCc4ccc5c(n4)NCCC5)n(C)n3)cc(C(C)(C)C)c2)CCOCC1. The number of ether oxygens (including phenoxy) is 3. The highest BCUT2D eigenvalue weighted by molar-refractivity contribution is 5.76. The summed E-state index contributed by atoms with van der Waals surface area (Å²) in [6.45, 7) is 12.0. The number of benzene rings is 1. The highest BCUT2D eigenvalue weighted by Gasteiger charge is 2.36. The summed E-state index contributed by atoms with van der Waals surface area (Å²) in [5, 5.41) is 8.22. The topological polar surface area (TPSA) is 87.5 Å². The third-order valence-corrected chi connectivity index (χ3v) is 9.21. The minimum Gasteiger partial charge on any atom is -0.477 e. The van der Waals surface area contributed by atoms with Gasteiger partial charge in [0.25, 0.3) is 0 Å².